The Balaban J connectivity index is 4.26. The quantitative estimate of drug-likeness (QED) is 0.529. The van der Waals surface area contributed by atoms with Crippen LogP contribution in [0.2, 0.25) is 0 Å². The molecule has 2 unspecified atom stereocenters. The van der Waals surface area contributed by atoms with Gasteiger partial charge in [-0.1, -0.05) is 0 Å². The van der Waals surface area contributed by atoms with Gasteiger partial charge >= 0.3 is 8.25 Å². The largest absolute Gasteiger partial charge is 0.694 e. The summed E-state index contributed by atoms with van der Waals surface area (Å²) in [4.78, 5) is 10.7. The molecule has 0 aliphatic rings. The molecule has 6 heteroatoms. The lowest BCUT2D eigenvalue weighted by molar-refractivity contribution is -0.0747. The molecule has 0 spiro atoms. The minimum Gasteiger partial charge on any atom is -0.366 e. The van der Waals surface area contributed by atoms with Crippen LogP contribution >= 0.6 is 8.25 Å². The van der Waals surface area contributed by atoms with Crippen LogP contribution in [-0.4, -0.2) is 41.8 Å². The van der Waals surface area contributed by atoms with E-state index >= 15 is 0 Å². The number of hydrogen-bond donors (Lipinski definition) is 1. The van der Waals surface area contributed by atoms with E-state index in [4.69, 9.17) is 9.63 Å². The van der Waals surface area contributed by atoms with E-state index in [0.29, 0.717) is 18.5 Å². The van der Waals surface area contributed by atoms with E-state index in [1.165, 1.54) is 0 Å². The summed E-state index contributed by atoms with van der Waals surface area (Å²) >= 11 is 0. The zero-order chi connectivity index (χ0) is 12.7. The topological polar surface area (TPSA) is 59.0 Å². The van der Waals surface area contributed by atoms with Crippen LogP contribution < -0.4 is 0 Å². The van der Waals surface area contributed by atoms with E-state index in [1.54, 1.807) is 7.11 Å². The van der Waals surface area contributed by atoms with Gasteiger partial charge in [0.05, 0.1) is 0 Å². The Labute approximate surface area is 98.7 Å². The van der Waals surface area contributed by atoms with Gasteiger partial charge in [-0.2, -0.15) is 0 Å². The Bertz CT molecular complexity index is 203. The molecule has 2 atom stereocenters. The first-order valence-electron chi connectivity index (χ1n) is 5.49. The Morgan fingerprint density at radius 3 is 2.06 bits per heavy atom. The predicted molar refractivity (Wildman–Crippen MR) is 63.3 cm³/mol. The van der Waals surface area contributed by atoms with Gasteiger partial charge in [-0.05, 0) is 27.7 Å². The molecule has 0 aliphatic carbocycles. The summed E-state index contributed by atoms with van der Waals surface area (Å²) in [5.41, 5.74) is 0. The van der Waals surface area contributed by atoms with Crippen LogP contribution in [0.1, 0.15) is 34.1 Å². The first-order valence-corrected chi connectivity index (χ1v) is 6.62. The summed E-state index contributed by atoms with van der Waals surface area (Å²) < 4.78 is 20.4. The van der Waals surface area contributed by atoms with Crippen molar-refractivity contribution in [2.24, 2.45) is 0 Å². The minimum absolute atomic E-state index is 0.0880. The highest BCUT2D eigenvalue weighted by molar-refractivity contribution is 7.32. The van der Waals surface area contributed by atoms with Gasteiger partial charge in [-0.3, -0.25) is 4.90 Å². The Kier molecular flexibility index (Phi) is 8.06. The van der Waals surface area contributed by atoms with Crippen molar-refractivity contribution in [3.8, 4) is 0 Å². The van der Waals surface area contributed by atoms with E-state index in [-0.39, 0.29) is 12.8 Å². The fourth-order valence-corrected chi connectivity index (χ4v) is 2.14. The standard InChI is InChI=1S/C10H22NO4P/c1-8(2)11(9(3)4)10(14-5)6-7-15-16(12)13/h8-10H,6-7H2,1-5H3/p+1. The highest BCUT2D eigenvalue weighted by Gasteiger charge is 2.24. The Morgan fingerprint density at radius 1 is 1.25 bits per heavy atom. The molecule has 0 rings (SSSR count). The van der Waals surface area contributed by atoms with Crippen molar-refractivity contribution in [3.05, 3.63) is 0 Å². The van der Waals surface area contributed by atoms with Crippen LogP contribution in [0.3, 0.4) is 0 Å². The molecule has 5 nitrogen and oxygen atoms in total. The lowest BCUT2D eigenvalue weighted by Crippen LogP contribution is -2.46. The van der Waals surface area contributed by atoms with Gasteiger partial charge in [-0.25, -0.2) is 0 Å². The maximum Gasteiger partial charge on any atom is 0.694 e. The monoisotopic (exact) mass is 252 g/mol. The molecular formula is C10H23NO4P+. The van der Waals surface area contributed by atoms with Crippen molar-refractivity contribution in [1.82, 2.24) is 4.90 Å². The van der Waals surface area contributed by atoms with Crippen molar-refractivity contribution in [2.75, 3.05) is 13.7 Å². The van der Waals surface area contributed by atoms with Crippen molar-refractivity contribution in [1.29, 1.82) is 0 Å². The molecule has 1 N–H and O–H groups in total. The van der Waals surface area contributed by atoms with Crippen LogP contribution in [0, 0.1) is 0 Å². The molecule has 0 radical (unpaired) electrons. The summed E-state index contributed by atoms with van der Waals surface area (Å²) in [6.45, 7) is 8.61. The van der Waals surface area contributed by atoms with Crippen LogP contribution in [0.4, 0.5) is 0 Å². The summed E-state index contributed by atoms with van der Waals surface area (Å²) in [5.74, 6) is 0. The zero-order valence-corrected chi connectivity index (χ0v) is 11.6. The van der Waals surface area contributed by atoms with Gasteiger partial charge in [0, 0.05) is 30.2 Å². The van der Waals surface area contributed by atoms with Gasteiger partial charge in [0.25, 0.3) is 0 Å². The van der Waals surface area contributed by atoms with Crippen molar-refractivity contribution in [2.45, 2.75) is 52.4 Å². The van der Waals surface area contributed by atoms with Crippen molar-refractivity contribution >= 4 is 8.25 Å². The average Bonchev–Trinajstić information content (AvgIpc) is 2.14. The molecule has 96 valence electrons. The fourth-order valence-electron chi connectivity index (χ4n) is 1.88. The van der Waals surface area contributed by atoms with E-state index in [2.05, 4.69) is 37.1 Å². The average molecular weight is 252 g/mol. The summed E-state index contributed by atoms with van der Waals surface area (Å²) in [7, 11) is -0.870. The second kappa shape index (κ2) is 8.09. The Morgan fingerprint density at radius 2 is 1.75 bits per heavy atom. The van der Waals surface area contributed by atoms with Gasteiger partial charge < -0.3 is 4.74 Å². The third-order valence-electron chi connectivity index (χ3n) is 2.36. The summed E-state index contributed by atoms with van der Waals surface area (Å²) in [6.07, 6.45) is 0.490. The molecule has 0 aromatic carbocycles. The van der Waals surface area contributed by atoms with E-state index < -0.39 is 8.25 Å². The minimum atomic E-state index is -2.51. The summed E-state index contributed by atoms with van der Waals surface area (Å²) in [6, 6.07) is 0.709. The maximum absolute atomic E-state index is 10.4. The van der Waals surface area contributed by atoms with Gasteiger partial charge in [0.2, 0.25) is 0 Å². The molecule has 0 aromatic heterocycles. The SMILES string of the molecule is COC(CCO[P+](=O)O)N(C(C)C)C(C)C. The normalized spacial score (nSPS) is 14.9. The van der Waals surface area contributed by atoms with Crippen molar-refractivity contribution < 1.29 is 18.7 Å². The molecule has 16 heavy (non-hydrogen) atoms. The summed E-state index contributed by atoms with van der Waals surface area (Å²) in [5, 5.41) is 0. The molecule has 0 saturated carbocycles. The number of ether oxygens (including phenoxy) is 1. The molecule has 0 aliphatic heterocycles. The molecule has 0 amide bonds. The van der Waals surface area contributed by atoms with Gasteiger partial charge in [0.15, 0.2) is 0 Å². The van der Waals surface area contributed by atoms with Gasteiger partial charge in [-0.15, -0.1) is 9.42 Å². The van der Waals surface area contributed by atoms with Crippen LogP contribution in [-0.2, 0) is 13.8 Å². The molecule has 0 heterocycles. The lowest BCUT2D eigenvalue weighted by atomic mass is 10.2. The van der Waals surface area contributed by atoms with E-state index in [0.717, 1.165) is 0 Å². The smallest absolute Gasteiger partial charge is 0.366 e. The first-order chi connectivity index (χ1) is 7.40. The van der Waals surface area contributed by atoms with E-state index in [9.17, 15) is 4.57 Å². The number of nitrogens with zero attached hydrogens (tertiary/aromatic N) is 1. The Hall–Kier alpha value is -0.0600. The van der Waals surface area contributed by atoms with Crippen molar-refractivity contribution in [3.63, 3.8) is 0 Å². The molecule has 0 fully saturated rings. The van der Waals surface area contributed by atoms with Crippen LogP contribution in [0.15, 0.2) is 0 Å². The first kappa shape index (κ1) is 15.9. The van der Waals surface area contributed by atoms with Crippen LogP contribution in [0.5, 0.6) is 0 Å². The molecule has 0 saturated heterocycles. The number of rotatable bonds is 8. The fraction of sp³-hybridized carbons (Fsp3) is 1.00. The molecule has 0 aromatic rings. The molecule has 0 bridgehead atoms. The second-order valence-corrected chi connectivity index (χ2v) is 4.92. The van der Waals surface area contributed by atoms with E-state index in [1.807, 2.05) is 0 Å². The lowest BCUT2D eigenvalue weighted by Gasteiger charge is -2.36. The third-order valence-corrected chi connectivity index (χ3v) is 2.77. The third kappa shape index (κ3) is 5.87. The maximum atomic E-state index is 10.4. The zero-order valence-electron chi connectivity index (χ0n) is 10.7. The van der Waals surface area contributed by atoms with Crippen LogP contribution in [0.25, 0.3) is 0 Å². The second-order valence-electron chi connectivity index (χ2n) is 4.18. The molecular weight excluding hydrogens is 229 g/mol. The predicted octanol–water partition coefficient (Wildman–Crippen LogP) is 2.13. The van der Waals surface area contributed by atoms with Gasteiger partial charge in [0.1, 0.15) is 12.8 Å². The number of hydrogen-bond acceptors (Lipinski definition) is 4. The number of methoxy groups -OCH3 is 1. The highest BCUT2D eigenvalue weighted by Crippen LogP contribution is 2.18. The highest BCUT2D eigenvalue weighted by atomic mass is 31.1.